The Hall–Kier alpha value is -0.770. The summed E-state index contributed by atoms with van der Waals surface area (Å²) >= 11 is 0. The molecule has 0 spiro atoms. The summed E-state index contributed by atoms with van der Waals surface area (Å²) in [5, 5.41) is 24.5. The van der Waals surface area contributed by atoms with Crippen LogP contribution in [0.2, 0.25) is 0 Å². The Morgan fingerprint density at radius 1 is 1.43 bits per heavy atom. The molecule has 1 rings (SSSR count). The van der Waals surface area contributed by atoms with Crippen molar-refractivity contribution in [1.29, 1.82) is 0 Å². The molecule has 4 heteroatoms. The van der Waals surface area contributed by atoms with Crippen molar-refractivity contribution in [2.45, 2.75) is 58.5 Å². The molecule has 0 saturated heterocycles. The summed E-state index contributed by atoms with van der Waals surface area (Å²) < 4.78 is 0.866. The van der Waals surface area contributed by atoms with Gasteiger partial charge in [0.25, 0.3) is 5.84 Å². The van der Waals surface area contributed by atoms with Crippen LogP contribution in [0.5, 0.6) is 0 Å². The molecule has 0 bridgehead atoms. The molecule has 4 nitrogen and oxygen atoms in total. The highest BCUT2D eigenvalue weighted by molar-refractivity contribution is 5.77. The maximum atomic E-state index is 11.8. The second-order valence-corrected chi connectivity index (χ2v) is 5.16. The molecule has 14 heavy (non-hydrogen) atoms. The first-order valence-electron chi connectivity index (χ1n) is 5.03. The standard InChI is InChI=1S/C10H19N2O2/c1-6-8-11(13)9(2,3)7-10(4,5)12(8)14/h6-7H2,1-5H3. The number of nitrogens with zero attached hydrogens (tertiary/aromatic N) is 2. The third kappa shape index (κ3) is 1.59. The Kier molecular flexibility index (Phi) is 2.52. The predicted molar refractivity (Wildman–Crippen MR) is 54.2 cm³/mol. The summed E-state index contributed by atoms with van der Waals surface area (Å²) in [6.45, 7) is 9.35. The lowest BCUT2D eigenvalue weighted by Crippen LogP contribution is -2.59. The van der Waals surface area contributed by atoms with Crippen LogP contribution in [0.15, 0.2) is 0 Å². The molecule has 1 heterocycles. The fourth-order valence-corrected chi connectivity index (χ4v) is 2.27. The van der Waals surface area contributed by atoms with Crippen LogP contribution >= 0.6 is 0 Å². The van der Waals surface area contributed by atoms with Gasteiger partial charge in [-0.1, -0.05) is 12.0 Å². The quantitative estimate of drug-likeness (QED) is 0.478. The van der Waals surface area contributed by atoms with Crippen LogP contribution in [0.1, 0.15) is 47.5 Å². The van der Waals surface area contributed by atoms with Crippen LogP contribution in [-0.2, 0) is 5.21 Å². The summed E-state index contributed by atoms with van der Waals surface area (Å²) in [5.41, 5.74) is -0.953. The zero-order valence-electron chi connectivity index (χ0n) is 9.63. The van der Waals surface area contributed by atoms with Gasteiger partial charge < -0.3 is 5.21 Å². The van der Waals surface area contributed by atoms with E-state index in [9.17, 15) is 10.4 Å². The van der Waals surface area contributed by atoms with E-state index in [1.807, 2.05) is 34.6 Å². The summed E-state index contributed by atoms with van der Waals surface area (Å²) in [6, 6.07) is 0. The van der Waals surface area contributed by atoms with Crippen LogP contribution in [0.25, 0.3) is 0 Å². The normalized spacial score (nSPS) is 25.4. The van der Waals surface area contributed by atoms with Gasteiger partial charge in [0.1, 0.15) is 11.1 Å². The van der Waals surface area contributed by atoms with Crippen LogP contribution < -0.4 is 0 Å². The van der Waals surface area contributed by atoms with Crippen molar-refractivity contribution in [2.75, 3.05) is 0 Å². The first kappa shape index (κ1) is 11.3. The molecular formula is C10H19N2O2. The van der Waals surface area contributed by atoms with Crippen molar-refractivity contribution in [3.05, 3.63) is 5.21 Å². The fraction of sp³-hybridized carbons (Fsp3) is 0.900. The van der Waals surface area contributed by atoms with Gasteiger partial charge in [0.15, 0.2) is 0 Å². The minimum atomic E-state index is -0.476. The highest BCUT2D eigenvalue weighted by Crippen LogP contribution is 2.32. The second-order valence-electron chi connectivity index (χ2n) is 5.16. The van der Waals surface area contributed by atoms with E-state index in [4.69, 9.17) is 0 Å². The molecule has 0 aromatic heterocycles. The molecule has 0 saturated carbocycles. The summed E-state index contributed by atoms with van der Waals surface area (Å²) in [4.78, 5) is 0. The molecule has 0 atom stereocenters. The largest absolute Gasteiger partial charge is 0.715 e. The first-order valence-corrected chi connectivity index (χ1v) is 5.03. The van der Waals surface area contributed by atoms with Gasteiger partial charge in [-0.05, 0) is 27.7 Å². The number of rotatable bonds is 1. The molecule has 1 aliphatic heterocycles. The van der Waals surface area contributed by atoms with E-state index in [2.05, 4.69) is 0 Å². The maximum Gasteiger partial charge on any atom is 0.283 e. The molecule has 1 aliphatic rings. The van der Waals surface area contributed by atoms with Crippen molar-refractivity contribution in [3.63, 3.8) is 0 Å². The van der Waals surface area contributed by atoms with Crippen LogP contribution in [0, 0.1) is 5.21 Å². The third-order valence-corrected chi connectivity index (χ3v) is 2.75. The fourth-order valence-electron chi connectivity index (χ4n) is 2.27. The lowest BCUT2D eigenvalue weighted by Gasteiger charge is -2.43. The van der Waals surface area contributed by atoms with Crippen LogP contribution in [-0.4, -0.2) is 26.7 Å². The van der Waals surface area contributed by atoms with Crippen molar-refractivity contribution in [1.82, 2.24) is 5.06 Å². The van der Waals surface area contributed by atoms with Gasteiger partial charge in [-0.25, -0.2) is 0 Å². The number of hydrogen-bond acceptors (Lipinski definition) is 2. The lowest BCUT2D eigenvalue weighted by atomic mass is 9.84. The van der Waals surface area contributed by atoms with E-state index in [1.165, 1.54) is 0 Å². The molecular weight excluding hydrogens is 180 g/mol. The smallest absolute Gasteiger partial charge is 0.283 e. The molecule has 0 fully saturated rings. The zero-order chi connectivity index (χ0) is 11.1. The van der Waals surface area contributed by atoms with E-state index in [0.717, 1.165) is 9.80 Å². The summed E-state index contributed by atoms with van der Waals surface area (Å²) in [6.07, 6.45) is 1.07. The Labute approximate surface area is 85.4 Å². The molecule has 0 amide bonds. The van der Waals surface area contributed by atoms with Crippen molar-refractivity contribution in [3.8, 4) is 0 Å². The number of hydroxylamine groups is 3. The van der Waals surface area contributed by atoms with Gasteiger partial charge >= 0.3 is 0 Å². The first-order chi connectivity index (χ1) is 6.22. The molecule has 81 valence electrons. The predicted octanol–water partition coefficient (Wildman–Crippen LogP) is 1.91. The SMILES string of the molecule is CCC1=[N+]([O-])C(C)(C)CC(C)(C)N1[O]. The Balaban J connectivity index is 3.20. The van der Waals surface area contributed by atoms with Crippen LogP contribution in [0.3, 0.4) is 0 Å². The van der Waals surface area contributed by atoms with E-state index < -0.39 is 11.1 Å². The molecule has 0 N–H and O–H groups in total. The summed E-state index contributed by atoms with van der Waals surface area (Å²) in [5.74, 6) is 0.339. The van der Waals surface area contributed by atoms with Gasteiger partial charge in [0, 0.05) is 18.0 Å². The second kappa shape index (κ2) is 3.12. The van der Waals surface area contributed by atoms with Gasteiger partial charge in [-0.3, -0.25) is 4.74 Å². The third-order valence-electron chi connectivity index (χ3n) is 2.75. The topological polar surface area (TPSA) is 49.2 Å². The van der Waals surface area contributed by atoms with Crippen LogP contribution in [0.4, 0.5) is 0 Å². The van der Waals surface area contributed by atoms with Crippen molar-refractivity contribution < 1.29 is 9.95 Å². The zero-order valence-corrected chi connectivity index (χ0v) is 9.63. The highest BCUT2D eigenvalue weighted by Gasteiger charge is 2.48. The van der Waals surface area contributed by atoms with E-state index in [0.29, 0.717) is 18.7 Å². The van der Waals surface area contributed by atoms with E-state index in [1.54, 1.807) is 0 Å². The molecule has 0 aliphatic carbocycles. The molecule has 1 radical (unpaired) electrons. The van der Waals surface area contributed by atoms with Gasteiger partial charge in [-0.2, -0.15) is 0 Å². The molecule has 0 unspecified atom stereocenters. The van der Waals surface area contributed by atoms with Gasteiger partial charge in [-0.15, -0.1) is 0 Å². The maximum absolute atomic E-state index is 11.8. The van der Waals surface area contributed by atoms with Gasteiger partial charge in [0.05, 0.1) is 0 Å². The number of amidine groups is 1. The minimum Gasteiger partial charge on any atom is -0.715 e. The van der Waals surface area contributed by atoms with E-state index in [-0.39, 0.29) is 0 Å². The van der Waals surface area contributed by atoms with Crippen molar-refractivity contribution in [2.24, 2.45) is 0 Å². The average Bonchev–Trinajstić information content (AvgIpc) is 2.01. The molecule has 0 aromatic carbocycles. The monoisotopic (exact) mass is 199 g/mol. The summed E-state index contributed by atoms with van der Waals surface area (Å²) in [7, 11) is 0. The van der Waals surface area contributed by atoms with Gasteiger partial charge in [0.2, 0.25) is 0 Å². The Morgan fingerprint density at radius 3 is 2.36 bits per heavy atom. The average molecular weight is 199 g/mol. The lowest BCUT2D eigenvalue weighted by molar-refractivity contribution is -0.568. The highest BCUT2D eigenvalue weighted by atomic mass is 16.5. The molecule has 0 aromatic rings. The Morgan fingerprint density at radius 2 is 1.93 bits per heavy atom. The minimum absolute atomic E-state index is 0.339. The van der Waals surface area contributed by atoms with Crippen molar-refractivity contribution >= 4 is 5.84 Å². The van der Waals surface area contributed by atoms with E-state index >= 15 is 0 Å². The number of hydrogen-bond donors (Lipinski definition) is 0. The Bertz CT molecular complexity index is 269.